The molecule has 27 heavy (non-hydrogen) atoms. The lowest BCUT2D eigenvalue weighted by Crippen LogP contribution is -2.42. The molecule has 0 bridgehead atoms. The fourth-order valence-electron chi connectivity index (χ4n) is 4.00. The van der Waals surface area contributed by atoms with Gasteiger partial charge in [0, 0.05) is 22.9 Å². The van der Waals surface area contributed by atoms with Gasteiger partial charge in [0.05, 0.1) is 12.7 Å². The smallest absolute Gasteiger partial charge is 0.246 e. The van der Waals surface area contributed by atoms with Crippen LogP contribution in [0.15, 0.2) is 47.1 Å². The number of aromatic nitrogens is 1. The number of hydrogen-bond donors (Lipinski definition) is 2. The van der Waals surface area contributed by atoms with Crippen LogP contribution < -0.4 is 9.64 Å². The third kappa shape index (κ3) is 1.96. The molecule has 3 aromatic rings. The molecular weight excluding hydrogens is 348 g/mol. The normalized spacial score (nSPS) is 20.0. The van der Waals surface area contributed by atoms with E-state index in [4.69, 9.17) is 9.26 Å². The van der Waals surface area contributed by atoms with E-state index in [1.54, 1.807) is 18.0 Å². The number of aromatic hydroxyl groups is 2. The minimum atomic E-state index is -1.05. The van der Waals surface area contributed by atoms with Crippen LogP contribution in [0, 0.1) is 6.92 Å². The molecule has 1 aromatic heterocycles. The lowest BCUT2D eigenvalue weighted by atomic mass is 9.77. The van der Waals surface area contributed by atoms with Crippen LogP contribution >= 0.6 is 0 Å². The van der Waals surface area contributed by atoms with Crippen molar-refractivity contribution in [2.45, 2.75) is 18.9 Å². The van der Waals surface area contributed by atoms with E-state index in [9.17, 15) is 15.0 Å². The Morgan fingerprint density at radius 2 is 1.96 bits per heavy atom. The summed E-state index contributed by atoms with van der Waals surface area (Å²) in [6, 6.07) is 10.3. The summed E-state index contributed by atoms with van der Waals surface area (Å²) in [5.41, 5.74) is 1.92. The van der Waals surface area contributed by atoms with Crippen LogP contribution in [0.4, 0.5) is 5.69 Å². The Labute approximate surface area is 154 Å². The highest BCUT2D eigenvalue weighted by atomic mass is 16.5. The van der Waals surface area contributed by atoms with Gasteiger partial charge in [0.25, 0.3) is 0 Å². The van der Waals surface area contributed by atoms with Crippen LogP contribution in [-0.4, -0.2) is 27.9 Å². The van der Waals surface area contributed by atoms with E-state index in [0.29, 0.717) is 23.6 Å². The van der Waals surface area contributed by atoms with E-state index in [-0.39, 0.29) is 24.0 Å². The summed E-state index contributed by atoms with van der Waals surface area (Å²) < 4.78 is 10.9. The first-order valence-corrected chi connectivity index (χ1v) is 8.53. The Morgan fingerprint density at radius 1 is 1.19 bits per heavy atom. The zero-order valence-electron chi connectivity index (χ0n) is 14.5. The van der Waals surface area contributed by atoms with Gasteiger partial charge in [0.1, 0.15) is 23.5 Å². The molecule has 1 amide bonds. The quantitative estimate of drug-likeness (QED) is 0.679. The maximum Gasteiger partial charge on any atom is 0.246 e. The number of para-hydroxylation sites is 1. The summed E-state index contributed by atoms with van der Waals surface area (Å²) in [6.07, 6.45) is 1.61. The maximum absolute atomic E-state index is 13.6. The average Bonchev–Trinajstić information content (AvgIpc) is 3.30. The molecule has 2 N–H and O–H groups in total. The van der Waals surface area contributed by atoms with Crippen molar-refractivity contribution in [2.24, 2.45) is 0 Å². The molecule has 3 heterocycles. The molecule has 0 fully saturated rings. The predicted octanol–water partition coefficient (Wildman–Crippen LogP) is 2.62. The molecule has 0 radical (unpaired) electrons. The average molecular weight is 364 g/mol. The second-order valence-corrected chi connectivity index (χ2v) is 6.85. The van der Waals surface area contributed by atoms with Crippen LogP contribution in [0.1, 0.15) is 22.5 Å². The number of fused-ring (bicyclic) bond motifs is 4. The summed E-state index contributed by atoms with van der Waals surface area (Å²) in [6.45, 7) is 2.24. The molecule has 7 heteroatoms. The Balaban J connectivity index is 1.69. The molecular formula is C20H16N2O5. The van der Waals surface area contributed by atoms with Gasteiger partial charge in [0.15, 0.2) is 11.5 Å². The van der Waals surface area contributed by atoms with E-state index in [0.717, 1.165) is 16.8 Å². The van der Waals surface area contributed by atoms with Crippen molar-refractivity contribution < 1.29 is 24.3 Å². The number of amides is 1. The van der Waals surface area contributed by atoms with Crippen molar-refractivity contribution in [3.8, 4) is 17.2 Å². The molecule has 1 unspecified atom stereocenters. The highest BCUT2D eigenvalue weighted by Gasteiger charge is 2.57. The number of phenols is 2. The summed E-state index contributed by atoms with van der Waals surface area (Å²) in [5, 5.41) is 23.6. The molecule has 1 spiro atoms. The number of hydrogen-bond acceptors (Lipinski definition) is 6. The third-order valence-corrected chi connectivity index (χ3v) is 5.42. The van der Waals surface area contributed by atoms with Crippen LogP contribution in [0.25, 0.3) is 0 Å². The van der Waals surface area contributed by atoms with E-state index in [1.165, 1.54) is 12.1 Å². The Morgan fingerprint density at radius 3 is 2.74 bits per heavy atom. The lowest BCUT2D eigenvalue weighted by Gasteiger charge is -2.23. The van der Waals surface area contributed by atoms with Gasteiger partial charge in [0.2, 0.25) is 5.91 Å². The van der Waals surface area contributed by atoms with Gasteiger partial charge >= 0.3 is 0 Å². The minimum Gasteiger partial charge on any atom is -0.504 e. The molecule has 5 rings (SSSR count). The highest BCUT2D eigenvalue weighted by Crippen LogP contribution is 2.54. The van der Waals surface area contributed by atoms with Crippen LogP contribution in [-0.2, 0) is 16.8 Å². The van der Waals surface area contributed by atoms with Gasteiger partial charge in [-0.1, -0.05) is 23.4 Å². The Hall–Kier alpha value is -3.48. The van der Waals surface area contributed by atoms with Crippen LogP contribution in [0.2, 0.25) is 0 Å². The molecule has 2 aliphatic rings. The van der Waals surface area contributed by atoms with E-state index < -0.39 is 5.41 Å². The molecule has 1 atom stereocenters. The highest BCUT2D eigenvalue weighted by molar-refractivity contribution is 6.11. The first-order chi connectivity index (χ1) is 13.0. The molecule has 0 saturated heterocycles. The van der Waals surface area contributed by atoms with Crippen molar-refractivity contribution in [3.63, 3.8) is 0 Å². The standard InChI is InChI=1S/C20H16N2O5/c1-11-12(8-21-27-11)9-22-15-5-3-2-4-13(15)20(19(22)25)10-26-18-7-17(24)16(23)6-14(18)20/h2-8,23-24H,9-10H2,1H3. The van der Waals surface area contributed by atoms with Gasteiger partial charge in [-0.15, -0.1) is 0 Å². The number of carbonyl (C=O) groups is 1. The minimum absolute atomic E-state index is 0.111. The van der Waals surface area contributed by atoms with Crippen molar-refractivity contribution in [1.82, 2.24) is 5.16 Å². The largest absolute Gasteiger partial charge is 0.504 e. The molecule has 2 aliphatic heterocycles. The van der Waals surface area contributed by atoms with Crippen LogP contribution in [0.5, 0.6) is 17.2 Å². The number of phenolic OH excluding ortho intramolecular Hbond substituents is 2. The zero-order valence-corrected chi connectivity index (χ0v) is 14.5. The molecule has 2 aromatic carbocycles. The summed E-state index contributed by atoms with van der Waals surface area (Å²) in [7, 11) is 0. The van der Waals surface area contributed by atoms with Gasteiger partial charge in [-0.2, -0.15) is 0 Å². The van der Waals surface area contributed by atoms with Gasteiger partial charge < -0.3 is 24.4 Å². The second kappa shape index (κ2) is 5.26. The second-order valence-electron chi connectivity index (χ2n) is 6.85. The fraction of sp³-hybridized carbons (Fsp3) is 0.200. The van der Waals surface area contributed by atoms with E-state index in [1.807, 2.05) is 24.3 Å². The number of aryl methyl sites for hydroxylation is 1. The van der Waals surface area contributed by atoms with Crippen molar-refractivity contribution in [2.75, 3.05) is 11.5 Å². The number of nitrogens with zero attached hydrogens (tertiary/aromatic N) is 2. The number of carbonyl (C=O) groups excluding carboxylic acids is 1. The first kappa shape index (κ1) is 15.7. The van der Waals surface area contributed by atoms with Crippen LogP contribution in [0.3, 0.4) is 0 Å². The molecule has 7 nitrogen and oxygen atoms in total. The number of ether oxygens (including phenoxy) is 1. The van der Waals surface area contributed by atoms with E-state index in [2.05, 4.69) is 5.16 Å². The first-order valence-electron chi connectivity index (χ1n) is 8.53. The predicted molar refractivity (Wildman–Crippen MR) is 94.9 cm³/mol. The lowest BCUT2D eigenvalue weighted by molar-refractivity contribution is -0.122. The number of rotatable bonds is 2. The summed E-state index contributed by atoms with van der Waals surface area (Å²) in [5.74, 6) is 0.357. The zero-order chi connectivity index (χ0) is 18.8. The fourth-order valence-corrected chi connectivity index (χ4v) is 4.00. The van der Waals surface area contributed by atoms with E-state index >= 15 is 0 Å². The maximum atomic E-state index is 13.6. The monoisotopic (exact) mass is 364 g/mol. The molecule has 136 valence electrons. The SMILES string of the molecule is Cc1oncc1CN1C(=O)C2(COc3cc(O)c(O)cc32)c2ccccc21. The van der Waals surface area contributed by atoms with Crippen molar-refractivity contribution >= 4 is 11.6 Å². The van der Waals surface area contributed by atoms with Crippen molar-refractivity contribution in [3.05, 3.63) is 65.0 Å². The summed E-state index contributed by atoms with van der Waals surface area (Å²) >= 11 is 0. The number of anilines is 1. The topological polar surface area (TPSA) is 96.0 Å². The van der Waals surface area contributed by atoms with Gasteiger partial charge in [-0.3, -0.25) is 4.79 Å². The molecule has 0 saturated carbocycles. The van der Waals surface area contributed by atoms with Crippen molar-refractivity contribution in [1.29, 1.82) is 0 Å². The number of benzene rings is 2. The third-order valence-electron chi connectivity index (χ3n) is 5.42. The van der Waals surface area contributed by atoms with Gasteiger partial charge in [-0.05, 0) is 24.6 Å². The van der Waals surface area contributed by atoms with Gasteiger partial charge in [-0.25, -0.2) is 0 Å². The molecule has 0 aliphatic carbocycles. The summed E-state index contributed by atoms with van der Waals surface area (Å²) in [4.78, 5) is 15.3. The Kier molecular flexibility index (Phi) is 3.07. The Bertz CT molecular complexity index is 1090.